The minimum atomic E-state index is -0.376. The maximum Gasteiger partial charge on any atom is 0.269 e. The summed E-state index contributed by atoms with van der Waals surface area (Å²) in [6, 6.07) is 12.1. The second kappa shape index (κ2) is 9.34. The van der Waals surface area contributed by atoms with Gasteiger partial charge in [0.15, 0.2) is 0 Å². The van der Waals surface area contributed by atoms with Crippen LogP contribution < -0.4 is 20.7 Å². The first kappa shape index (κ1) is 22.6. The van der Waals surface area contributed by atoms with E-state index in [2.05, 4.69) is 29.8 Å². The molecule has 1 heterocycles. The summed E-state index contributed by atoms with van der Waals surface area (Å²) >= 11 is 0. The molecule has 0 bridgehead atoms. The van der Waals surface area contributed by atoms with Gasteiger partial charge in [0.05, 0.1) is 11.5 Å². The smallest absolute Gasteiger partial charge is 0.269 e. The van der Waals surface area contributed by atoms with Gasteiger partial charge in [0.1, 0.15) is 5.75 Å². The highest BCUT2D eigenvalue weighted by Crippen LogP contribution is 2.40. The third kappa shape index (κ3) is 5.14. The first-order valence-electron chi connectivity index (χ1n) is 10.5. The first-order valence-corrected chi connectivity index (χ1v) is 10.5. The van der Waals surface area contributed by atoms with Gasteiger partial charge in [0, 0.05) is 47.4 Å². The average molecular weight is 427 g/mol. The zero-order valence-electron chi connectivity index (χ0n) is 18.4. The summed E-state index contributed by atoms with van der Waals surface area (Å²) in [4.78, 5) is 23.4. The van der Waals surface area contributed by atoms with Crippen LogP contribution in [-0.4, -0.2) is 37.1 Å². The lowest BCUT2D eigenvalue weighted by molar-refractivity contribution is -0.384. The monoisotopic (exact) mass is 426 g/mol. The van der Waals surface area contributed by atoms with Crippen molar-refractivity contribution < 1.29 is 14.5 Å². The average Bonchev–Trinajstić information content (AvgIpc) is 2.77. The molecule has 1 aliphatic rings. The Morgan fingerprint density at radius 3 is 2.58 bits per heavy atom. The predicted octanol–water partition coefficient (Wildman–Crippen LogP) is 3.89. The van der Waals surface area contributed by atoms with Crippen LogP contribution in [0.15, 0.2) is 42.5 Å². The van der Waals surface area contributed by atoms with Crippen LogP contribution in [0.5, 0.6) is 5.75 Å². The number of carbonyl (C=O) groups excluding carboxylic acids is 1. The molecule has 3 rings (SSSR count). The van der Waals surface area contributed by atoms with Gasteiger partial charge in [-0.25, -0.2) is 0 Å². The molecule has 166 valence electrons. The molecular formula is C23H30N4O4. The second-order valence-corrected chi connectivity index (χ2v) is 8.43. The minimum Gasteiger partial charge on any atom is -0.494 e. The van der Waals surface area contributed by atoms with E-state index in [1.807, 2.05) is 14.0 Å². The Hall–Kier alpha value is -3.13. The molecule has 0 radical (unpaired) electrons. The molecule has 1 aliphatic heterocycles. The highest BCUT2D eigenvalue weighted by Gasteiger charge is 2.36. The van der Waals surface area contributed by atoms with Crippen LogP contribution in [0.2, 0.25) is 0 Å². The number of hydrogen-bond acceptors (Lipinski definition) is 6. The number of rotatable bonds is 8. The number of anilines is 1. The van der Waals surface area contributed by atoms with Crippen LogP contribution >= 0.6 is 0 Å². The minimum absolute atomic E-state index is 0.0118. The fraction of sp³-hybridized carbons (Fsp3) is 0.435. The quantitative estimate of drug-likeness (QED) is 0.437. The summed E-state index contributed by atoms with van der Waals surface area (Å²) in [6.45, 7) is 7.19. The molecule has 0 spiro atoms. The first-order chi connectivity index (χ1) is 14.7. The van der Waals surface area contributed by atoms with Gasteiger partial charge in [-0.2, -0.15) is 0 Å². The van der Waals surface area contributed by atoms with E-state index in [1.54, 1.807) is 36.4 Å². The zero-order valence-corrected chi connectivity index (χ0v) is 18.4. The Labute approximate surface area is 182 Å². The normalized spacial score (nSPS) is 17.9. The number of nitrogens with one attached hydrogen (secondary N) is 3. The molecule has 2 aromatic rings. The van der Waals surface area contributed by atoms with Gasteiger partial charge in [0.2, 0.25) is 0 Å². The number of fused-ring (bicyclic) bond motifs is 1. The molecule has 0 saturated heterocycles. The maximum atomic E-state index is 12.6. The standard InChI is InChI=1S/C23H30N4O4/c1-5-31-17-9-6-15(7-10-17)22(28)25-14-23(2,3)21-13-20(24-4)18-12-16(27(29)30)8-11-19(18)26-21/h6-12,20-21,24,26H,5,13-14H2,1-4H3,(H,25,28). The zero-order chi connectivity index (χ0) is 22.6. The Kier molecular flexibility index (Phi) is 6.80. The molecule has 0 fully saturated rings. The van der Waals surface area contributed by atoms with Gasteiger partial charge in [-0.05, 0) is 56.3 Å². The number of benzene rings is 2. The lowest BCUT2D eigenvalue weighted by atomic mass is 9.77. The third-order valence-electron chi connectivity index (χ3n) is 5.85. The van der Waals surface area contributed by atoms with E-state index in [9.17, 15) is 14.9 Å². The topological polar surface area (TPSA) is 106 Å². The van der Waals surface area contributed by atoms with Gasteiger partial charge in [-0.1, -0.05) is 13.8 Å². The number of nitro groups is 1. The van der Waals surface area contributed by atoms with Crippen molar-refractivity contribution in [3.05, 3.63) is 63.7 Å². The van der Waals surface area contributed by atoms with Crippen molar-refractivity contribution in [1.82, 2.24) is 10.6 Å². The largest absolute Gasteiger partial charge is 0.494 e. The molecule has 1 amide bonds. The molecule has 0 saturated carbocycles. The summed E-state index contributed by atoms with van der Waals surface area (Å²) in [5, 5.41) is 21.0. The summed E-state index contributed by atoms with van der Waals surface area (Å²) in [5.74, 6) is 0.607. The summed E-state index contributed by atoms with van der Waals surface area (Å²) in [6.07, 6.45) is 0.747. The van der Waals surface area contributed by atoms with E-state index in [0.29, 0.717) is 18.7 Å². The highest BCUT2D eigenvalue weighted by atomic mass is 16.6. The van der Waals surface area contributed by atoms with Crippen LogP contribution in [0.4, 0.5) is 11.4 Å². The van der Waals surface area contributed by atoms with Crippen molar-refractivity contribution in [2.45, 2.75) is 39.3 Å². The predicted molar refractivity (Wildman–Crippen MR) is 121 cm³/mol. The van der Waals surface area contributed by atoms with Crippen molar-refractivity contribution in [2.24, 2.45) is 5.41 Å². The number of non-ortho nitro benzene ring substituents is 1. The number of ether oxygens (including phenoxy) is 1. The van der Waals surface area contributed by atoms with Crippen LogP contribution in [0.1, 0.15) is 49.2 Å². The van der Waals surface area contributed by atoms with E-state index >= 15 is 0 Å². The van der Waals surface area contributed by atoms with Gasteiger partial charge in [0.25, 0.3) is 11.6 Å². The molecule has 2 unspecified atom stereocenters. The van der Waals surface area contributed by atoms with Crippen LogP contribution in [0, 0.1) is 15.5 Å². The summed E-state index contributed by atoms with van der Waals surface area (Å²) < 4.78 is 5.42. The fourth-order valence-corrected chi connectivity index (χ4v) is 3.88. The molecular weight excluding hydrogens is 396 g/mol. The van der Waals surface area contributed by atoms with Crippen molar-refractivity contribution in [2.75, 3.05) is 25.5 Å². The molecule has 0 aromatic heterocycles. The molecule has 31 heavy (non-hydrogen) atoms. The van der Waals surface area contributed by atoms with Gasteiger partial charge < -0.3 is 20.7 Å². The Morgan fingerprint density at radius 2 is 1.97 bits per heavy atom. The molecule has 3 N–H and O–H groups in total. The van der Waals surface area contributed by atoms with Gasteiger partial charge >= 0.3 is 0 Å². The summed E-state index contributed by atoms with van der Waals surface area (Å²) in [7, 11) is 1.86. The van der Waals surface area contributed by atoms with Crippen LogP contribution in [-0.2, 0) is 0 Å². The fourth-order valence-electron chi connectivity index (χ4n) is 3.88. The lowest BCUT2D eigenvalue weighted by Gasteiger charge is -2.42. The number of hydrogen-bond donors (Lipinski definition) is 3. The van der Waals surface area contributed by atoms with Crippen molar-refractivity contribution >= 4 is 17.3 Å². The van der Waals surface area contributed by atoms with Gasteiger partial charge in [-0.3, -0.25) is 14.9 Å². The van der Waals surface area contributed by atoms with Crippen molar-refractivity contribution in [1.29, 1.82) is 0 Å². The number of amides is 1. The third-order valence-corrected chi connectivity index (χ3v) is 5.85. The number of nitro benzene ring substituents is 1. The van der Waals surface area contributed by atoms with Crippen molar-refractivity contribution in [3.63, 3.8) is 0 Å². The lowest BCUT2D eigenvalue weighted by Crippen LogP contribution is -2.48. The molecule has 0 aliphatic carbocycles. The Balaban J connectivity index is 1.68. The Morgan fingerprint density at radius 1 is 1.26 bits per heavy atom. The van der Waals surface area contributed by atoms with E-state index in [-0.39, 0.29) is 34.0 Å². The van der Waals surface area contributed by atoms with Crippen LogP contribution in [0.25, 0.3) is 0 Å². The molecule has 8 heteroatoms. The maximum absolute atomic E-state index is 12.6. The molecule has 2 aromatic carbocycles. The highest BCUT2D eigenvalue weighted by molar-refractivity contribution is 5.94. The van der Waals surface area contributed by atoms with E-state index in [0.717, 1.165) is 23.4 Å². The van der Waals surface area contributed by atoms with E-state index < -0.39 is 0 Å². The van der Waals surface area contributed by atoms with Crippen molar-refractivity contribution in [3.8, 4) is 5.75 Å². The molecule has 2 atom stereocenters. The second-order valence-electron chi connectivity index (χ2n) is 8.43. The SMILES string of the molecule is CCOc1ccc(C(=O)NCC(C)(C)C2CC(NC)c3cc([N+](=O)[O-])ccc3N2)cc1. The van der Waals surface area contributed by atoms with Crippen LogP contribution in [0.3, 0.4) is 0 Å². The van der Waals surface area contributed by atoms with Gasteiger partial charge in [-0.15, -0.1) is 0 Å². The van der Waals surface area contributed by atoms with E-state index in [1.165, 1.54) is 6.07 Å². The number of nitrogens with zero attached hydrogens (tertiary/aromatic N) is 1. The summed E-state index contributed by atoms with van der Waals surface area (Å²) in [5.41, 5.74) is 2.19. The Bertz CT molecular complexity index is 943. The number of carbonyl (C=O) groups is 1. The van der Waals surface area contributed by atoms with E-state index in [4.69, 9.17) is 4.74 Å². The molecule has 8 nitrogen and oxygen atoms in total.